The van der Waals surface area contributed by atoms with Crippen LogP contribution in [0.1, 0.15) is 36.8 Å². The van der Waals surface area contributed by atoms with Crippen LogP contribution in [-0.4, -0.2) is 39.6 Å². The summed E-state index contributed by atoms with van der Waals surface area (Å²) in [5.74, 6) is 2.28. The summed E-state index contributed by atoms with van der Waals surface area (Å²) in [5, 5.41) is 1.51. The van der Waals surface area contributed by atoms with Gasteiger partial charge in [0.1, 0.15) is 0 Å². The van der Waals surface area contributed by atoms with Gasteiger partial charge in [-0.1, -0.05) is 61.5 Å². The molecule has 0 aromatic heterocycles. The van der Waals surface area contributed by atoms with Gasteiger partial charge in [-0.15, -0.1) is 0 Å². The van der Waals surface area contributed by atoms with Crippen LogP contribution >= 0.6 is 0 Å². The Labute approximate surface area is 186 Å². The Balaban J connectivity index is 1.66. The quantitative estimate of drug-likeness (QED) is 0.665. The van der Waals surface area contributed by atoms with Crippen molar-refractivity contribution >= 4 is 19.2 Å². The fourth-order valence-electron chi connectivity index (χ4n) is 6.99. The molecule has 1 saturated heterocycles. The summed E-state index contributed by atoms with van der Waals surface area (Å²) in [5.41, 5.74) is 3.03. The minimum atomic E-state index is -1.77. The molecular weight excluding hydrogens is 402 g/mol. The van der Waals surface area contributed by atoms with Crippen LogP contribution in [0.25, 0.3) is 0 Å². The van der Waals surface area contributed by atoms with Crippen molar-refractivity contribution in [2.75, 3.05) is 20.8 Å². The number of nitrogens with zero attached hydrogens (tertiary/aromatic N) is 1. The third-order valence-corrected chi connectivity index (χ3v) is 12.8. The molecular formula is C26H33NO3Si. The maximum Gasteiger partial charge on any atom is 0.223 e. The second kappa shape index (κ2) is 7.40. The number of rotatable bonds is 4. The fourth-order valence-corrected chi connectivity index (χ4v) is 10.8. The largest absolute Gasteiger partial charge is 0.493 e. The molecule has 5 rings (SSSR count). The molecule has 0 unspecified atom stereocenters. The maximum atomic E-state index is 13.4. The molecule has 0 N–H and O–H groups in total. The maximum absolute atomic E-state index is 13.4. The van der Waals surface area contributed by atoms with E-state index >= 15 is 0 Å². The number of ether oxygens (including phenoxy) is 2. The lowest BCUT2D eigenvalue weighted by Crippen LogP contribution is -2.58. The molecule has 1 amide bonds. The third kappa shape index (κ3) is 2.89. The van der Waals surface area contributed by atoms with Crippen LogP contribution < -0.4 is 14.7 Å². The van der Waals surface area contributed by atoms with Gasteiger partial charge in [-0.3, -0.25) is 4.79 Å². The highest BCUT2D eigenvalue weighted by molar-refractivity contribution is 6.91. The number of hydrogen-bond acceptors (Lipinski definition) is 3. The van der Waals surface area contributed by atoms with Crippen molar-refractivity contribution in [3.8, 4) is 11.5 Å². The Bertz CT molecular complexity index is 1010. The van der Waals surface area contributed by atoms with Crippen molar-refractivity contribution in [2.24, 2.45) is 5.92 Å². The zero-order chi connectivity index (χ0) is 21.8. The van der Waals surface area contributed by atoms with E-state index in [2.05, 4.69) is 60.5 Å². The Morgan fingerprint density at radius 1 is 1.06 bits per heavy atom. The molecule has 0 radical (unpaired) electrons. The fraction of sp³-hybridized carbons (Fsp3) is 0.500. The first-order chi connectivity index (χ1) is 14.9. The summed E-state index contributed by atoms with van der Waals surface area (Å²) in [6.07, 6.45) is 5.02. The van der Waals surface area contributed by atoms with Gasteiger partial charge < -0.3 is 14.4 Å². The predicted molar refractivity (Wildman–Crippen MR) is 126 cm³/mol. The number of fused-ring (bicyclic) bond motifs is 1. The molecule has 2 aromatic carbocycles. The molecule has 2 aliphatic heterocycles. The van der Waals surface area contributed by atoms with Crippen LogP contribution in [0, 0.1) is 5.92 Å². The molecule has 2 fully saturated rings. The second-order valence-electron chi connectivity index (χ2n) is 9.98. The normalized spacial score (nSPS) is 27.4. The van der Waals surface area contributed by atoms with Gasteiger partial charge in [0, 0.05) is 13.0 Å². The number of amides is 1. The van der Waals surface area contributed by atoms with E-state index in [-0.39, 0.29) is 5.54 Å². The topological polar surface area (TPSA) is 38.8 Å². The molecule has 2 heterocycles. The lowest BCUT2D eigenvalue weighted by atomic mass is 9.66. The van der Waals surface area contributed by atoms with E-state index in [0.717, 1.165) is 30.9 Å². The average Bonchev–Trinajstić information content (AvgIpc) is 3.10. The molecule has 4 nitrogen and oxygen atoms in total. The first-order valence-electron chi connectivity index (χ1n) is 11.5. The predicted octanol–water partition coefficient (Wildman–Crippen LogP) is 4.47. The number of benzene rings is 2. The van der Waals surface area contributed by atoms with Crippen molar-refractivity contribution in [2.45, 2.75) is 56.3 Å². The van der Waals surface area contributed by atoms with Gasteiger partial charge in [0.15, 0.2) is 11.5 Å². The van der Waals surface area contributed by atoms with Crippen LogP contribution in [0.5, 0.6) is 11.5 Å². The summed E-state index contributed by atoms with van der Waals surface area (Å²) in [6.45, 7) is 5.84. The first-order valence-corrected chi connectivity index (χ1v) is 14.6. The SMILES string of the molecule is COc1cc2c(cc1OC)[C@]13CCC[C@H]([Si](C)(C)c4ccccc4)[C@H]1CC(=O)N3CC2. The van der Waals surface area contributed by atoms with Crippen molar-refractivity contribution < 1.29 is 14.3 Å². The van der Waals surface area contributed by atoms with Gasteiger partial charge in [-0.2, -0.15) is 0 Å². The Kier molecular flexibility index (Phi) is 4.92. The standard InChI is InChI=1S/C26H33NO3Si/c1-29-22-15-18-12-14-27-25(28)17-21-24(31(3,4)19-9-6-5-7-10-19)11-8-13-26(21,27)20(18)16-23(22)30-2/h5-7,9-10,15-16,21,24H,8,11-14,17H2,1-4H3/t21-,24+,26-/m1/s1. The van der Waals surface area contributed by atoms with Crippen LogP contribution in [0.4, 0.5) is 0 Å². The lowest BCUT2D eigenvalue weighted by Gasteiger charge is -2.54. The summed E-state index contributed by atoms with van der Waals surface area (Å²) in [7, 11) is 1.63. The summed E-state index contributed by atoms with van der Waals surface area (Å²) in [4.78, 5) is 15.6. The Hall–Kier alpha value is -2.27. The van der Waals surface area contributed by atoms with Crippen molar-refractivity contribution in [3.05, 3.63) is 53.6 Å². The van der Waals surface area contributed by atoms with Gasteiger partial charge in [0.2, 0.25) is 5.91 Å². The molecule has 3 atom stereocenters. The highest BCUT2D eigenvalue weighted by Gasteiger charge is 2.61. The smallest absolute Gasteiger partial charge is 0.223 e. The van der Waals surface area contributed by atoms with E-state index in [4.69, 9.17) is 9.47 Å². The number of carbonyl (C=O) groups excluding carboxylic acids is 1. The van der Waals surface area contributed by atoms with E-state index in [9.17, 15) is 4.79 Å². The van der Waals surface area contributed by atoms with E-state index < -0.39 is 8.07 Å². The molecule has 31 heavy (non-hydrogen) atoms. The lowest BCUT2D eigenvalue weighted by molar-refractivity contribution is -0.132. The van der Waals surface area contributed by atoms with Gasteiger partial charge in [-0.25, -0.2) is 0 Å². The van der Waals surface area contributed by atoms with Crippen molar-refractivity contribution in [1.29, 1.82) is 0 Å². The molecule has 2 aromatic rings. The molecule has 1 aliphatic carbocycles. The van der Waals surface area contributed by atoms with Gasteiger partial charge in [-0.05, 0) is 47.6 Å². The van der Waals surface area contributed by atoms with E-state index in [1.807, 2.05) is 0 Å². The molecule has 0 bridgehead atoms. The zero-order valence-electron chi connectivity index (χ0n) is 19.1. The van der Waals surface area contributed by atoms with Crippen LogP contribution in [0.3, 0.4) is 0 Å². The van der Waals surface area contributed by atoms with E-state index in [1.165, 1.54) is 29.2 Å². The van der Waals surface area contributed by atoms with Crippen LogP contribution in [0.15, 0.2) is 42.5 Å². The zero-order valence-corrected chi connectivity index (χ0v) is 20.1. The second-order valence-corrected chi connectivity index (χ2v) is 14.7. The van der Waals surface area contributed by atoms with Gasteiger partial charge >= 0.3 is 0 Å². The van der Waals surface area contributed by atoms with E-state index in [1.54, 1.807) is 14.2 Å². The van der Waals surface area contributed by atoms with Gasteiger partial charge in [0.05, 0.1) is 27.8 Å². The minimum absolute atomic E-state index is 0.188. The Morgan fingerprint density at radius 3 is 2.48 bits per heavy atom. The van der Waals surface area contributed by atoms with Crippen molar-refractivity contribution in [3.63, 3.8) is 0 Å². The molecule has 3 aliphatic rings. The van der Waals surface area contributed by atoms with Crippen LogP contribution in [-0.2, 0) is 16.8 Å². The summed E-state index contributed by atoms with van der Waals surface area (Å²) >= 11 is 0. The highest BCUT2D eigenvalue weighted by atomic mass is 28.3. The van der Waals surface area contributed by atoms with Gasteiger partial charge in [0.25, 0.3) is 0 Å². The molecule has 1 saturated carbocycles. The average molecular weight is 436 g/mol. The number of carbonyl (C=O) groups is 1. The summed E-state index contributed by atoms with van der Waals surface area (Å²) < 4.78 is 11.3. The van der Waals surface area contributed by atoms with Crippen LogP contribution in [0.2, 0.25) is 18.6 Å². The Morgan fingerprint density at radius 2 is 1.77 bits per heavy atom. The minimum Gasteiger partial charge on any atom is -0.493 e. The number of hydrogen-bond donors (Lipinski definition) is 0. The summed E-state index contributed by atoms with van der Waals surface area (Å²) in [6, 6.07) is 15.4. The first kappa shape index (κ1) is 20.6. The van der Waals surface area contributed by atoms with Crippen molar-refractivity contribution in [1.82, 2.24) is 4.90 Å². The monoisotopic (exact) mass is 435 g/mol. The molecule has 5 heteroatoms. The number of methoxy groups -OCH3 is 2. The highest BCUT2D eigenvalue weighted by Crippen LogP contribution is 2.61. The van der Waals surface area contributed by atoms with E-state index in [0.29, 0.717) is 23.8 Å². The third-order valence-electron chi connectivity index (χ3n) is 8.47. The molecule has 164 valence electrons. The molecule has 1 spiro atoms.